The highest BCUT2D eigenvalue weighted by molar-refractivity contribution is 6.00. The molecule has 0 fully saturated rings. The van der Waals surface area contributed by atoms with E-state index < -0.39 is 17.6 Å². The normalized spacial score (nSPS) is 15.0. The van der Waals surface area contributed by atoms with Gasteiger partial charge in [-0.1, -0.05) is 66.7 Å². The second-order valence-electron chi connectivity index (χ2n) is 11.8. The van der Waals surface area contributed by atoms with Gasteiger partial charge in [-0.05, 0) is 60.2 Å². The quantitative estimate of drug-likeness (QED) is 0.188. The number of benzene rings is 3. The molecule has 234 valence electrons. The van der Waals surface area contributed by atoms with Crippen LogP contribution in [0.3, 0.4) is 0 Å². The van der Waals surface area contributed by atoms with Crippen molar-refractivity contribution >= 4 is 23.5 Å². The van der Waals surface area contributed by atoms with Gasteiger partial charge in [0.25, 0.3) is 0 Å². The predicted molar refractivity (Wildman–Crippen MR) is 170 cm³/mol. The van der Waals surface area contributed by atoms with Gasteiger partial charge in [-0.15, -0.1) is 10.2 Å². The number of fused-ring (bicyclic) bond motifs is 1. The maximum absolute atomic E-state index is 14.0. The number of carbonyl (C=O) groups is 3. The van der Waals surface area contributed by atoms with Gasteiger partial charge in [0.2, 0.25) is 17.6 Å². The number of anilines is 1. The molecule has 0 bridgehead atoms. The second-order valence-corrected chi connectivity index (χ2v) is 11.8. The molecule has 0 saturated heterocycles. The maximum atomic E-state index is 14.0. The van der Waals surface area contributed by atoms with E-state index in [9.17, 15) is 14.4 Å². The number of amides is 2. The van der Waals surface area contributed by atoms with Gasteiger partial charge in [-0.2, -0.15) is 4.80 Å². The lowest BCUT2D eigenvalue weighted by Gasteiger charge is -2.29. The van der Waals surface area contributed by atoms with Gasteiger partial charge >= 0.3 is 5.97 Å². The monoisotopic (exact) mass is 610 g/mol. The van der Waals surface area contributed by atoms with Crippen LogP contribution in [-0.4, -0.2) is 67.8 Å². The molecule has 2 amide bonds. The molecule has 12 nitrogen and oxygen atoms in total. The summed E-state index contributed by atoms with van der Waals surface area (Å²) in [6.45, 7) is 4.92. The second kappa shape index (κ2) is 13.8. The van der Waals surface area contributed by atoms with Crippen LogP contribution in [0.5, 0.6) is 0 Å². The smallest absolute Gasteiger partial charge is 0.327 e. The van der Waals surface area contributed by atoms with E-state index in [1.54, 1.807) is 4.90 Å². The van der Waals surface area contributed by atoms with Crippen molar-refractivity contribution in [2.45, 2.75) is 57.8 Å². The van der Waals surface area contributed by atoms with Crippen LogP contribution in [0.25, 0.3) is 22.5 Å². The molecule has 5 N–H and O–H groups in total. The van der Waals surface area contributed by atoms with E-state index in [2.05, 4.69) is 26.0 Å². The van der Waals surface area contributed by atoms with Gasteiger partial charge in [0.1, 0.15) is 6.04 Å². The van der Waals surface area contributed by atoms with Gasteiger partial charge in [-0.3, -0.25) is 14.4 Å². The highest BCUT2D eigenvalue weighted by atomic mass is 16.4. The number of nitrogens with one attached hydrogen (secondary N) is 2. The van der Waals surface area contributed by atoms with Crippen molar-refractivity contribution in [3.8, 4) is 22.5 Å². The van der Waals surface area contributed by atoms with Crippen molar-refractivity contribution < 1.29 is 19.5 Å². The summed E-state index contributed by atoms with van der Waals surface area (Å²) in [5.41, 5.74) is 10.5. The number of carboxylic acids is 1. The van der Waals surface area contributed by atoms with Crippen LogP contribution in [0.4, 0.5) is 5.69 Å². The van der Waals surface area contributed by atoms with Gasteiger partial charge in [0.15, 0.2) is 6.54 Å². The van der Waals surface area contributed by atoms with E-state index in [1.807, 2.05) is 86.6 Å². The molecule has 1 aromatic heterocycles. The zero-order chi connectivity index (χ0) is 32.0. The molecule has 4 aromatic rings. The summed E-state index contributed by atoms with van der Waals surface area (Å²) in [6.07, 6.45) is 1.40. The SMILES string of the molecule is CC(C)(CC(=O)N[C@@H]1CCc2ccccc2N(Cc2ccc(-c3ccccc3-c3nnn(CC(=O)O)n3)cc2)C1=O)NCCN. The molecule has 1 aliphatic rings. The average molecular weight is 611 g/mol. The number of aromatic nitrogens is 4. The Hall–Kier alpha value is -4.94. The molecule has 0 radical (unpaired) electrons. The Balaban J connectivity index is 1.35. The van der Waals surface area contributed by atoms with Crippen LogP contribution in [0.1, 0.15) is 37.8 Å². The first-order valence-corrected chi connectivity index (χ1v) is 15.0. The van der Waals surface area contributed by atoms with Gasteiger partial charge < -0.3 is 26.4 Å². The first kappa shape index (κ1) is 31.5. The van der Waals surface area contributed by atoms with Crippen LogP contribution in [-0.2, 0) is 33.9 Å². The fourth-order valence-corrected chi connectivity index (χ4v) is 5.57. The summed E-state index contributed by atoms with van der Waals surface area (Å²) in [6, 6.07) is 22.7. The molecular formula is C33H38N8O4. The fourth-order valence-electron chi connectivity index (χ4n) is 5.57. The van der Waals surface area contributed by atoms with Crippen LogP contribution in [0, 0.1) is 0 Å². The number of aliphatic carboxylic acids is 1. The summed E-state index contributed by atoms with van der Waals surface area (Å²) in [4.78, 5) is 40.9. The summed E-state index contributed by atoms with van der Waals surface area (Å²) in [7, 11) is 0. The third-order valence-electron chi connectivity index (χ3n) is 7.74. The topological polar surface area (TPSA) is 168 Å². The molecule has 1 atom stereocenters. The van der Waals surface area contributed by atoms with E-state index >= 15 is 0 Å². The molecule has 0 unspecified atom stereocenters. The molecule has 0 spiro atoms. The number of nitrogens with zero attached hydrogens (tertiary/aromatic N) is 5. The minimum absolute atomic E-state index is 0.147. The summed E-state index contributed by atoms with van der Waals surface area (Å²) in [5.74, 6) is -1.06. The molecule has 1 aliphatic heterocycles. The largest absolute Gasteiger partial charge is 0.480 e. The fraction of sp³-hybridized carbons (Fsp3) is 0.333. The van der Waals surface area contributed by atoms with Crippen molar-refractivity contribution in [1.82, 2.24) is 30.8 Å². The number of carbonyl (C=O) groups excluding carboxylic acids is 2. The van der Waals surface area contributed by atoms with E-state index in [4.69, 9.17) is 10.8 Å². The highest BCUT2D eigenvalue weighted by Crippen LogP contribution is 2.32. The maximum Gasteiger partial charge on any atom is 0.327 e. The standard InChI is InChI=1S/C33H38N8O4/c1-33(2,35-18-17-34)19-29(42)36-27-16-15-24-7-3-6-10-28(24)40(32(27)45)20-22-11-13-23(14-12-22)25-8-4-5-9-26(25)31-37-39-41(38-31)21-30(43)44/h3-14,27,35H,15-21,34H2,1-2H3,(H,36,42)(H,43,44)/t27-/m1/s1. The molecule has 5 rings (SSSR count). The molecular weight excluding hydrogens is 572 g/mol. The third-order valence-corrected chi connectivity index (χ3v) is 7.74. The van der Waals surface area contributed by atoms with E-state index in [-0.39, 0.29) is 24.8 Å². The summed E-state index contributed by atoms with van der Waals surface area (Å²) < 4.78 is 0. The van der Waals surface area contributed by atoms with Crippen LogP contribution in [0.2, 0.25) is 0 Å². The lowest BCUT2D eigenvalue weighted by atomic mass is 9.98. The predicted octanol–water partition coefficient (Wildman–Crippen LogP) is 2.77. The zero-order valence-electron chi connectivity index (χ0n) is 25.4. The first-order chi connectivity index (χ1) is 21.6. The Kier molecular flexibility index (Phi) is 9.65. The Morgan fingerprint density at radius 2 is 1.73 bits per heavy atom. The average Bonchev–Trinajstić information content (AvgIpc) is 3.44. The van der Waals surface area contributed by atoms with E-state index in [0.29, 0.717) is 38.3 Å². The molecule has 0 saturated carbocycles. The number of para-hydroxylation sites is 1. The number of hydrogen-bond acceptors (Lipinski definition) is 8. The van der Waals surface area contributed by atoms with Gasteiger partial charge in [0.05, 0.1) is 6.54 Å². The number of hydrogen-bond donors (Lipinski definition) is 4. The van der Waals surface area contributed by atoms with Crippen LogP contribution >= 0.6 is 0 Å². The third kappa shape index (κ3) is 7.78. The van der Waals surface area contributed by atoms with Crippen molar-refractivity contribution in [2.24, 2.45) is 5.73 Å². The lowest BCUT2D eigenvalue weighted by molar-refractivity contribution is -0.138. The van der Waals surface area contributed by atoms with Crippen molar-refractivity contribution in [1.29, 1.82) is 0 Å². The zero-order valence-corrected chi connectivity index (χ0v) is 25.4. The van der Waals surface area contributed by atoms with Crippen molar-refractivity contribution in [2.75, 3.05) is 18.0 Å². The first-order valence-electron chi connectivity index (χ1n) is 15.0. The number of nitrogens with two attached hydrogens (primary N) is 1. The lowest BCUT2D eigenvalue weighted by Crippen LogP contribution is -2.51. The van der Waals surface area contributed by atoms with Crippen LogP contribution in [0.15, 0.2) is 72.8 Å². The molecule has 0 aliphatic carbocycles. The highest BCUT2D eigenvalue weighted by Gasteiger charge is 2.32. The summed E-state index contributed by atoms with van der Waals surface area (Å²) >= 11 is 0. The number of rotatable bonds is 12. The number of aryl methyl sites for hydroxylation is 1. The minimum Gasteiger partial charge on any atom is -0.480 e. The van der Waals surface area contributed by atoms with Crippen molar-refractivity contribution in [3.05, 3.63) is 83.9 Å². The Morgan fingerprint density at radius 1 is 1.02 bits per heavy atom. The minimum atomic E-state index is -1.05. The summed E-state index contributed by atoms with van der Waals surface area (Å²) in [5, 5.41) is 27.5. The molecule has 45 heavy (non-hydrogen) atoms. The molecule has 2 heterocycles. The Bertz CT molecular complexity index is 1670. The Morgan fingerprint density at radius 3 is 2.47 bits per heavy atom. The van der Waals surface area contributed by atoms with Crippen LogP contribution < -0.4 is 21.3 Å². The number of carboxylic acid groups (broad SMARTS) is 1. The molecule has 12 heteroatoms. The molecule has 3 aromatic carbocycles. The van der Waals surface area contributed by atoms with E-state index in [0.717, 1.165) is 38.3 Å². The van der Waals surface area contributed by atoms with Gasteiger partial charge in [-0.25, -0.2) is 0 Å². The van der Waals surface area contributed by atoms with Gasteiger partial charge in [0, 0.05) is 36.3 Å². The van der Waals surface area contributed by atoms with Crippen molar-refractivity contribution in [3.63, 3.8) is 0 Å². The van der Waals surface area contributed by atoms with E-state index in [1.165, 1.54) is 0 Å². The number of tetrazole rings is 1. The Labute approximate surface area is 261 Å².